The summed E-state index contributed by atoms with van der Waals surface area (Å²) in [5, 5.41) is 7.02. The van der Waals surface area contributed by atoms with Crippen LogP contribution in [0, 0.1) is 0 Å². The van der Waals surface area contributed by atoms with Crippen LogP contribution in [0.25, 0.3) is 16.7 Å². The quantitative estimate of drug-likeness (QED) is 0.508. The van der Waals surface area contributed by atoms with Gasteiger partial charge in [0.05, 0.1) is 16.7 Å². The number of rotatable bonds is 6. The van der Waals surface area contributed by atoms with E-state index >= 15 is 0 Å². The van der Waals surface area contributed by atoms with E-state index in [9.17, 15) is 9.59 Å². The molecule has 0 aliphatic heterocycles. The zero-order valence-corrected chi connectivity index (χ0v) is 15.1. The molecule has 0 radical (unpaired) electrons. The lowest BCUT2D eigenvalue weighted by atomic mass is 10.3. The Balaban J connectivity index is 1.37. The van der Waals surface area contributed by atoms with Gasteiger partial charge in [-0.3, -0.25) is 9.59 Å². The number of fused-ring (bicyclic) bond motifs is 1. The number of nitrogens with zero attached hydrogens (tertiary/aromatic N) is 3. The highest BCUT2D eigenvalue weighted by atomic mass is 16.2. The monoisotopic (exact) mass is 373 g/mol. The lowest BCUT2D eigenvalue weighted by Gasteiger charge is -2.07. The Hall–Kier alpha value is -3.74. The second kappa shape index (κ2) is 7.87. The van der Waals surface area contributed by atoms with Crippen LogP contribution in [0.4, 0.5) is 0 Å². The molecule has 0 fully saturated rings. The lowest BCUT2D eigenvalue weighted by molar-refractivity contribution is 0.0946. The smallest absolute Gasteiger partial charge is 0.271 e. The van der Waals surface area contributed by atoms with Gasteiger partial charge in [-0.15, -0.1) is 0 Å². The van der Waals surface area contributed by atoms with E-state index in [-0.39, 0.29) is 17.2 Å². The Kier molecular flexibility index (Phi) is 4.97. The number of carbonyl (C=O) groups excluding carboxylic acids is 1. The third-order valence-corrected chi connectivity index (χ3v) is 4.35. The molecule has 4 rings (SSSR count). The number of nitrogens with one attached hydrogen (secondary N) is 2. The van der Waals surface area contributed by atoms with Crippen molar-refractivity contribution in [2.24, 2.45) is 0 Å². The van der Waals surface area contributed by atoms with Gasteiger partial charge in [-0.25, -0.2) is 4.98 Å². The van der Waals surface area contributed by atoms with Gasteiger partial charge in [0.1, 0.15) is 11.5 Å². The number of hydrogen-bond donors (Lipinski definition) is 2. The van der Waals surface area contributed by atoms with Crippen molar-refractivity contribution in [3.05, 3.63) is 88.6 Å². The van der Waals surface area contributed by atoms with E-state index < -0.39 is 0 Å². The van der Waals surface area contributed by atoms with Crippen LogP contribution >= 0.6 is 0 Å². The number of benzene rings is 2. The second-order valence-electron chi connectivity index (χ2n) is 6.36. The fourth-order valence-electron chi connectivity index (χ4n) is 2.96. The van der Waals surface area contributed by atoms with E-state index in [1.165, 1.54) is 16.8 Å². The molecule has 0 atom stereocenters. The van der Waals surface area contributed by atoms with E-state index in [1.807, 2.05) is 42.5 Å². The van der Waals surface area contributed by atoms with Crippen molar-refractivity contribution in [2.75, 3.05) is 6.54 Å². The number of aromatic nitrogens is 4. The van der Waals surface area contributed by atoms with Gasteiger partial charge in [0, 0.05) is 19.0 Å². The molecule has 2 N–H and O–H groups in total. The van der Waals surface area contributed by atoms with Crippen LogP contribution in [0.1, 0.15) is 22.7 Å². The Morgan fingerprint density at radius 1 is 1.00 bits per heavy atom. The summed E-state index contributed by atoms with van der Waals surface area (Å²) in [4.78, 5) is 32.2. The van der Waals surface area contributed by atoms with Crippen LogP contribution in [0.15, 0.2) is 71.5 Å². The molecule has 1 amide bonds. The van der Waals surface area contributed by atoms with Crippen LogP contribution < -0.4 is 10.9 Å². The van der Waals surface area contributed by atoms with E-state index in [1.54, 1.807) is 12.1 Å². The summed E-state index contributed by atoms with van der Waals surface area (Å²) >= 11 is 0. The Morgan fingerprint density at radius 2 is 1.79 bits per heavy atom. The van der Waals surface area contributed by atoms with Crippen molar-refractivity contribution in [1.29, 1.82) is 0 Å². The molecule has 0 aliphatic carbocycles. The number of H-pyrrole nitrogens is 1. The van der Waals surface area contributed by atoms with Crippen LogP contribution in [-0.4, -0.2) is 32.2 Å². The number of aromatic amines is 1. The maximum atomic E-state index is 12.4. The molecular weight excluding hydrogens is 354 g/mol. The SMILES string of the molecule is O=C(NCCCc1nc2ccccc2[nH]1)c1ccc(=O)n(-c2ccccc2)n1. The Bertz CT molecular complexity index is 1130. The average molecular weight is 373 g/mol. The van der Waals surface area contributed by atoms with Crippen molar-refractivity contribution < 1.29 is 4.79 Å². The molecule has 28 heavy (non-hydrogen) atoms. The fraction of sp³-hybridized carbons (Fsp3) is 0.143. The molecule has 4 aromatic rings. The number of carbonyl (C=O) groups is 1. The molecule has 0 bridgehead atoms. The molecular formula is C21H19N5O2. The number of amides is 1. The molecule has 0 saturated heterocycles. The minimum Gasteiger partial charge on any atom is -0.351 e. The van der Waals surface area contributed by atoms with Gasteiger partial charge in [0.15, 0.2) is 0 Å². The van der Waals surface area contributed by atoms with Crippen LogP contribution in [-0.2, 0) is 6.42 Å². The van der Waals surface area contributed by atoms with Gasteiger partial charge in [-0.05, 0) is 36.8 Å². The molecule has 0 aliphatic rings. The van der Waals surface area contributed by atoms with E-state index in [0.717, 1.165) is 29.7 Å². The fourth-order valence-corrected chi connectivity index (χ4v) is 2.96. The van der Waals surface area contributed by atoms with Gasteiger partial charge in [0.25, 0.3) is 11.5 Å². The summed E-state index contributed by atoms with van der Waals surface area (Å²) in [6, 6.07) is 19.7. The summed E-state index contributed by atoms with van der Waals surface area (Å²) in [7, 11) is 0. The first-order valence-electron chi connectivity index (χ1n) is 9.08. The van der Waals surface area contributed by atoms with Gasteiger partial charge in [-0.1, -0.05) is 30.3 Å². The molecule has 2 aromatic carbocycles. The number of imidazole rings is 1. The lowest BCUT2D eigenvalue weighted by Crippen LogP contribution is -2.29. The summed E-state index contributed by atoms with van der Waals surface area (Å²) in [5.41, 5.74) is 2.48. The van der Waals surface area contributed by atoms with Crippen LogP contribution in [0.3, 0.4) is 0 Å². The van der Waals surface area contributed by atoms with Gasteiger partial charge in [0.2, 0.25) is 0 Å². The van der Waals surface area contributed by atoms with Crippen LogP contribution in [0.5, 0.6) is 0 Å². The maximum Gasteiger partial charge on any atom is 0.271 e. The van der Waals surface area contributed by atoms with Crippen molar-refractivity contribution in [3.8, 4) is 5.69 Å². The maximum absolute atomic E-state index is 12.4. The number of hydrogen-bond acceptors (Lipinski definition) is 4. The molecule has 0 unspecified atom stereocenters. The summed E-state index contributed by atoms with van der Waals surface area (Å²) in [6.45, 7) is 0.488. The summed E-state index contributed by atoms with van der Waals surface area (Å²) in [5.74, 6) is 0.584. The van der Waals surface area contributed by atoms with E-state index in [4.69, 9.17) is 0 Å². The largest absolute Gasteiger partial charge is 0.351 e. The Morgan fingerprint density at radius 3 is 2.61 bits per heavy atom. The number of aryl methyl sites for hydroxylation is 1. The third kappa shape index (κ3) is 3.83. The first-order valence-corrected chi connectivity index (χ1v) is 9.08. The molecule has 140 valence electrons. The topological polar surface area (TPSA) is 92.7 Å². The molecule has 7 nitrogen and oxygen atoms in total. The third-order valence-electron chi connectivity index (χ3n) is 4.35. The first kappa shape index (κ1) is 17.7. The van der Waals surface area contributed by atoms with Gasteiger partial charge in [-0.2, -0.15) is 9.78 Å². The standard InChI is InChI=1S/C21H19N5O2/c27-20-13-12-18(25-26(20)15-7-2-1-3-8-15)21(28)22-14-6-11-19-23-16-9-4-5-10-17(16)24-19/h1-5,7-10,12-13H,6,11,14H2,(H,22,28)(H,23,24). The van der Waals surface area contributed by atoms with E-state index in [2.05, 4.69) is 20.4 Å². The highest BCUT2D eigenvalue weighted by Crippen LogP contribution is 2.11. The average Bonchev–Trinajstić information content (AvgIpc) is 3.15. The van der Waals surface area contributed by atoms with Gasteiger partial charge >= 0.3 is 0 Å². The predicted molar refractivity (Wildman–Crippen MR) is 107 cm³/mol. The van der Waals surface area contributed by atoms with Crippen molar-refractivity contribution in [3.63, 3.8) is 0 Å². The minimum absolute atomic E-state index is 0.201. The summed E-state index contributed by atoms with van der Waals surface area (Å²) in [6.07, 6.45) is 1.47. The van der Waals surface area contributed by atoms with Crippen molar-refractivity contribution in [1.82, 2.24) is 25.1 Å². The van der Waals surface area contributed by atoms with Crippen LogP contribution in [0.2, 0.25) is 0 Å². The molecule has 7 heteroatoms. The normalized spacial score (nSPS) is 10.9. The molecule has 0 saturated carbocycles. The summed E-state index contributed by atoms with van der Waals surface area (Å²) < 4.78 is 1.23. The van der Waals surface area contributed by atoms with Gasteiger partial charge < -0.3 is 10.3 Å². The predicted octanol–water partition coefficient (Wildman–Crippen LogP) is 2.47. The zero-order valence-electron chi connectivity index (χ0n) is 15.1. The minimum atomic E-state index is -0.311. The zero-order chi connectivity index (χ0) is 19.3. The van der Waals surface area contributed by atoms with E-state index in [0.29, 0.717) is 12.2 Å². The van der Waals surface area contributed by atoms with Crippen molar-refractivity contribution in [2.45, 2.75) is 12.8 Å². The first-order chi connectivity index (χ1) is 13.7. The highest BCUT2D eigenvalue weighted by Gasteiger charge is 2.10. The molecule has 0 spiro atoms. The Labute approximate surface area is 161 Å². The molecule has 2 aromatic heterocycles. The highest BCUT2D eigenvalue weighted by molar-refractivity contribution is 5.92. The molecule has 2 heterocycles. The van der Waals surface area contributed by atoms with Crippen molar-refractivity contribution >= 4 is 16.9 Å². The number of para-hydroxylation sites is 3. The second-order valence-corrected chi connectivity index (χ2v) is 6.36.